The molecule has 56 heavy (non-hydrogen) atoms. The van der Waals surface area contributed by atoms with E-state index in [1.807, 2.05) is 0 Å². The lowest BCUT2D eigenvalue weighted by Gasteiger charge is -2.10. The van der Waals surface area contributed by atoms with Crippen LogP contribution in [0.3, 0.4) is 0 Å². The molecule has 4 heteroatoms. The van der Waals surface area contributed by atoms with E-state index < -0.39 is 0 Å². The number of rotatable bonds is 6. The average Bonchev–Trinajstić information content (AvgIpc) is 3.82. The number of thiophene rings is 1. The molecule has 0 N–H and O–H groups in total. The van der Waals surface area contributed by atoms with Gasteiger partial charge in [-0.1, -0.05) is 146 Å². The fourth-order valence-electron chi connectivity index (χ4n) is 8.14. The normalized spacial score (nSPS) is 11.6. The van der Waals surface area contributed by atoms with Crippen molar-refractivity contribution in [2.24, 2.45) is 0 Å². The molecule has 0 aliphatic heterocycles. The first-order valence-electron chi connectivity index (χ1n) is 18.9. The van der Waals surface area contributed by atoms with Crippen molar-refractivity contribution in [3.8, 4) is 61.7 Å². The largest absolute Gasteiger partial charge is 0.309 e. The van der Waals surface area contributed by atoms with Gasteiger partial charge in [-0.3, -0.25) is 0 Å². The molecule has 0 spiro atoms. The summed E-state index contributed by atoms with van der Waals surface area (Å²) in [6.45, 7) is 0. The summed E-state index contributed by atoms with van der Waals surface area (Å²) in [7, 11) is 0. The van der Waals surface area contributed by atoms with Crippen LogP contribution >= 0.6 is 11.3 Å². The molecule has 8 aromatic carbocycles. The van der Waals surface area contributed by atoms with Crippen LogP contribution in [0, 0.1) is 0 Å². The van der Waals surface area contributed by atoms with Crippen LogP contribution in [-0.2, 0) is 0 Å². The first kappa shape index (κ1) is 32.3. The second-order valence-electron chi connectivity index (χ2n) is 14.2. The monoisotopic (exact) mass is 731 g/mol. The van der Waals surface area contributed by atoms with E-state index in [1.165, 1.54) is 54.1 Å². The van der Waals surface area contributed by atoms with Gasteiger partial charge in [0, 0.05) is 43.1 Å². The number of aromatic nitrogens is 3. The van der Waals surface area contributed by atoms with E-state index in [1.54, 1.807) is 11.3 Å². The van der Waals surface area contributed by atoms with Gasteiger partial charge >= 0.3 is 0 Å². The highest BCUT2D eigenvalue weighted by Gasteiger charge is 2.18. The van der Waals surface area contributed by atoms with Crippen molar-refractivity contribution in [3.63, 3.8) is 0 Å². The number of para-hydroxylation sites is 1. The van der Waals surface area contributed by atoms with Crippen LogP contribution in [0.15, 0.2) is 200 Å². The topological polar surface area (TPSA) is 30.7 Å². The Kier molecular flexibility index (Phi) is 7.68. The lowest BCUT2D eigenvalue weighted by molar-refractivity contribution is 1.18. The van der Waals surface area contributed by atoms with E-state index in [4.69, 9.17) is 9.97 Å². The first-order valence-corrected chi connectivity index (χ1v) is 19.7. The molecule has 0 saturated carbocycles. The Hall–Kier alpha value is -7.14. The zero-order chi connectivity index (χ0) is 37.0. The van der Waals surface area contributed by atoms with Crippen molar-refractivity contribution < 1.29 is 0 Å². The van der Waals surface area contributed by atoms with E-state index in [9.17, 15) is 0 Å². The summed E-state index contributed by atoms with van der Waals surface area (Å²) in [5.41, 5.74) is 13.6. The third-order valence-corrected chi connectivity index (χ3v) is 11.9. The van der Waals surface area contributed by atoms with E-state index in [0.717, 1.165) is 49.7 Å². The molecule has 3 heterocycles. The van der Waals surface area contributed by atoms with Crippen LogP contribution in [0.4, 0.5) is 0 Å². The van der Waals surface area contributed by atoms with Gasteiger partial charge in [-0.25, -0.2) is 9.97 Å². The molecular formula is C52H33N3S. The number of hydrogen-bond donors (Lipinski definition) is 0. The van der Waals surface area contributed by atoms with E-state index in [2.05, 4.69) is 205 Å². The highest BCUT2D eigenvalue weighted by atomic mass is 32.1. The van der Waals surface area contributed by atoms with Gasteiger partial charge in [0.05, 0.1) is 16.7 Å². The van der Waals surface area contributed by atoms with Crippen LogP contribution in [0.2, 0.25) is 0 Å². The summed E-state index contributed by atoms with van der Waals surface area (Å²) in [6.07, 6.45) is 0. The van der Waals surface area contributed by atoms with Crippen LogP contribution in [0.5, 0.6) is 0 Å². The molecule has 11 aromatic rings. The first-order chi connectivity index (χ1) is 27.7. The molecule has 3 nitrogen and oxygen atoms in total. The average molecular weight is 732 g/mol. The Balaban J connectivity index is 1.02. The number of nitrogens with zero attached hydrogens (tertiary/aromatic N) is 3. The Bertz CT molecular complexity index is 3240. The number of fused-ring (bicyclic) bond motifs is 6. The van der Waals surface area contributed by atoms with Gasteiger partial charge in [-0.05, 0) is 88.0 Å². The molecule has 0 saturated heterocycles. The van der Waals surface area contributed by atoms with Crippen molar-refractivity contribution in [1.82, 2.24) is 14.5 Å². The third-order valence-electron chi connectivity index (χ3n) is 10.8. The van der Waals surface area contributed by atoms with Crippen molar-refractivity contribution in [1.29, 1.82) is 0 Å². The molecule has 0 aliphatic carbocycles. The fourth-order valence-corrected chi connectivity index (χ4v) is 9.22. The summed E-state index contributed by atoms with van der Waals surface area (Å²) < 4.78 is 3.60. The predicted octanol–water partition coefficient (Wildman–Crippen LogP) is 14.3. The fraction of sp³-hybridized carbons (Fsp3) is 0. The second kappa shape index (κ2) is 13.3. The van der Waals surface area contributed by atoms with E-state index in [-0.39, 0.29) is 0 Å². The lowest BCUT2D eigenvalue weighted by Crippen LogP contribution is -1.94. The van der Waals surface area contributed by atoms with Gasteiger partial charge in [-0.15, -0.1) is 11.3 Å². The van der Waals surface area contributed by atoms with Crippen molar-refractivity contribution in [3.05, 3.63) is 200 Å². The molecule has 11 rings (SSSR count). The molecule has 3 aromatic heterocycles. The van der Waals surface area contributed by atoms with Gasteiger partial charge in [0.15, 0.2) is 5.82 Å². The molecule has 0 amide bonds. The molecule has 0 radical (unpaired) electrons. The van der Waals surface area contributed by atoms with Gasteiger partial charge in [0.25, 0.3) is 0 Å². The van der Waals surface area contributed by atoms with Crippen molar-refractivity contribution in [2.75, 3.05) is 0 Å². The molecule has 0 bridgehead atoms. The maximum Gasteiger partial charge on any atom is 0.161 e. The quantitative estimate of drug-likeness (QED) is 0.170. The van der Waals surface area contributed by atoms with Crippen LogP contribution in [0.1, 0.15) is 0 Å². The Morgan fingerprint density at radius 1 is 0.357 bits per heavy atom. The third kappa shape index (κ3) is 5.50. The van der Waals surface area contributed by atoms with Gasteiger partial charge in [0.2, 0.25) is 0 Å². The number of benzene rings is 8. The second-order valence-corrected chi connectivity index (χ2v) is 15.2. The molecule has 0 atom stereocenters. The standard InChI is InChI=1S/C52H33N3S/c1-4-14-34(15-5-1)39-26-28-46-44(32-39)45-33-40(27-29-47(45)55(46)42-22-8-3-9-23-42)37-19-12-18-36(30-37)38-20-13-21-41(31-38)51-53-50(35-16-6-2-7-17-35)49-43-24-10-11-25-48(43)56-52(49)54-51/h1-33H. The smallest absolute Gasteiger partial charge is 0.161 e. The van der Waals surface area contributed by atoms with Crippen molar-refractivity contribution in [2.45, 2.75) is 0 Å². The van der Waals surface area contributed by atoms with Crippen LogP contribution in [-0.4, -0.2) is 14.5 Å². The Morgan fingerprint density at radius 3 is 1.52 bits per heavy atom. The number of hydrogen-bond acceptors (Lipinski definition) is 3. The summed E-state index contributed by atoms with van der Waals surface area (Å²) in [6, 6.07) is 71.6. The molecule has 262 valence electrons. The van der Waals surface area contributed by atoms with Crippen LogP contribution < -0.4 is 0 Å². The Labute approximate surface area is 328 Å². The van der Waals surface area contributed by atoms with Crippen LogP contribution in [0.25, 0.3) is 104 Å². The minimum atomic E-state index is 0.732. The lowest BCUT2D eigenvalue weighted by atomic mass is 9.96. The van der Waals surface area contributed by atoms with Crippen molar-refractivity contribution >= 4 is 53.4 Å². The predicted molar refractivity (Wildman–Crippen MR) is 236 cm³/mol. The van der Waals surface area contributed by atoms with E-state index in [0.29, 0.717) is 0 Å². The SMILES string of the molecule is c1ccc(-c2ccc3c(c2)c2cc(-c4cccc(-c5cccc(-c6nc(-c7ccccc7)c7c(n6)sc6ccccc67)c5)c4)ccc2n3-c2ccccc2)cc1. The van der Waals surface area contributed by atoms with Gasteiger partial charge in [0.1, 0.15) is 4.83 Å². The maximum atomic E-state index is 5.26. The Morgan fingerprint density at radius 2 is 0.857 bits per heavy atom. The minimum Gasteiger partial charge on any atom is -0.309 e. The summed E-state index contributed by atoms with van der Waals surface area (Å²) in [5, 5.41) is 4.78. The molecular weight excluding hydrogens is 699 g/mol. The summed E-state index contributed by atoms with van der Waals surface area (Å²) in [5.74, 6) is 0.732. The molecule has 0 fully saturated rings. The van der Waals surface area contributed by atoms with Gasteiger partial charge in [-0.2, -0.15) is 0 Å². The molecule has 0 aliphatic rings. The highest BCUT2D eigenvalue weighted by Crippen LogP contribution is 2.41. The maximum absolute atomic E-state index is 5.26. The summed E-state index contributed by atoms with van der Waals surface area (Å²) in [4.78, 5) is 11.4. The minimum absolute atomic E-state index is 0.732. The zero-order valence-corrected chi connectivity index (χ0v) is 31.1. The van der Waals surface area contributed by atoms with Gasteiger partial charge < -0.3 is 4.57 Å². The molecule has 0 unspecified atom stereocenters. The summed E-state index contributed by atoms with van der Waals surface area (Å²) >= 11 is 1.73. The highest BCUT2D eigenvalue weighted by molar-refractivity contribution is 7.25. The van der Waals surface area contributed by atoms with E-state index >= 15 is 0 Å². The zero-order valence-electron chi connectivity index (χ0n) is 30.3.